The van der Waals surface area contributed by atoms with Crippen LogP contribution in [-0.4, -0.2) is 32.9 Å². The van der Waals surface area contributed by atoms with Crippen molar-refractivity contribution in [3.05, 3.63) is 70.0 Å². The molecular formula is C21H20F2N4O2S. The van der Waals surface area contributed by atoms with E-state index in [1.54, 1.807) is 35.1 Å². The van der Waals surface area contributed by atoms with E-state index in [0.717, 1.165) is 12.1 Å². The maximum Gasteiger partial charge on any atom is 0.262 e. The number of methoxy groups -OCH3 is 1. The molecular weight excluding hydrogens is 410 g/mol. The Labute approximate surface area is 175 Å². The lowest BCUT2D eigenvalue weighted by Gasteiger charge is -2.14. The maximum absolute atomic E-state index is 14.2. The fraction of sp³-hybridized carbons (Fsp3) is 0.286. The van der Waals surface area contributed by atoms with Crippen LogP contribution in [0.2, 0.25) is 0 Å². The van der Waals surface area contributed by atoms with Crippen LogP contribution in [0.5, 0.6) is 0 Å². The van der Waals surface area contributed by atoms with Crippen molar-refractivity contribution in [2.75, 3.05) is 13.7 Å². The highest BCUT2D eigenvalue weighted by Gasteiger charge is 2.20. The summed E-state index contributed by atoms with van der Waals surface area (Å²) in [7, 11) is 1.61. The largest absolute Gasteiger partial charge is 0.385 e. The highest BCUT2D eigenvalue weighted by Crippen LogP contribution is 2.36. The Morgan fingerprint density at radius 2 is 1.97 bits per heavy atom. The molecule has 0 amide bonds. The second kappa shape index (κ2) is 8.53. The average Bonchev–Trinajstić information content (AvgIpc) is 3.15. The second-order valence-electron chi connectivity index (χ2n) is 6.86. The molecule has 0 radical (unpaired) electrons. The highest BCUT2D eigenvalue weighted by atomic mass is 32.2. The van der Waals surface area contributed by atoms with Crippen LogP contribution in [0.4, 0.5) is 8.78 Å². The summed E-state index contributed by atoms with van der Waals surface area (Å²) < 4.78 is 36.3. The lowest BCUT2D eigenvalue weighted by molar-refractivity contribution is 0.190. The summed E-state index contributed by atoms with van der Waals surface area (Å²) in [6.45, 7) is 2.72. The van der Waals surface area contributed by atoms with Crippen molar-refractivity contribution in [1.82, 2.24) is 19.2 Å². The molecule has 4 rings (SSSR count). The van der Waals surface area contributed by atoms with Crippen molar-refractivity contribution in [2.24, 2.45) is 0 Å². The number of benzene rings is 2. The number of ether oxygens (including phenoxy) is 1. The summed E-state index contributed by atoms with van der Waals surface area (Å²) >= 11 is 1.26. The molecule has 0 aliphatic heterocycles. The number of nitrogens with zero attached hydrogens (tertiary/aromatic N) is 4. The van der Waals surface area contributed by atoms with Crippen LogP contribution in [0.3, 0.4) is 0 Å². The lowest BCUT2D eigenvalue weighted by atomic mass is 10.1. The van der Waals surface area contributed by atoms with E-state index in [0.29, 0.717) is 41.4 Å². The first-order chi connectivity index (χ1) is 14.5. The molecule has 156 valence electrons. The minimum Gasteiger partial charge on any atom is -0.385 e. The molecule has 0 fully saturated rings. The normalized spacial score (nSPS) is 12.7. The molecule has 1 atom stereocenters. The smallest absolute Gasteiger partial charge is 0.262 e. The SMILES string of the molecule is COCCCn1c(=O)c2ccccc2n2c(SC(C)c3cc(F)ccc3F)nnc12. The van der Waals surface area contributed by atoms with Gasteiger partial charge in [0.05, 0.1) is 10.9 Å². The zero-order valence-corrected chi connectivity index (χ0v) is 17.3. The first-order valence-electron chi connectivity index (χ1n) is 9.48. The van der Waals surface area contributed by atoms with Crippen LogP contribution in [0.1, 0.15) is 24.2 Å². The average molecular weight is 430 g/mol. The molecule has 2 aromatic carbocycles. The Balaban J connectivity index is 1.83. The van der Waals surface area contributed by atoms with Gasteiger partial charge in [0.25, 0.3) is 5.56 Å². The Hall–Kier alpha value is -2.78. The topological polar surface area (TPSA) is 61.4 Å². The van der Waals surface area contributed by atoms with Gasteiger partial charge in [-0.2, -0.15) is 0 Å². The number of halogens is 2. The van der Waals surface area contributed by atoms with Crippen molar-refractivity contribution < 1.29 is 13.5 Å². The van der Waals surface area contributed by atoms with Gasteiger partial charge in [0.1, 0.15) is 11.6 Å². The summed E-state index contributed by atoms with van der Waals surface area (Å²) in [5, 5.41) is 9.12. The summed E-state index contributed by atoms with van der Waals surface area (Å²) in [5.74, 6) is -0.571. The molecule has 0 saturated carbocycles. The van der Waals surface area contributed by atoms with E-state index in [1.165, 1.54) is 17.8 Å². The van der Waals surface area contributed by atoms with Gasteiger partial charge in [0.15, 0.2) is 5.16 Å². The standard InChI is InChI=1S/C21H20F2N4O2S/c1-13(16-12-14(22)8-9-17(16)23)30-21-25-24-20-26(10-5-11-29-2)19(28)15-6-3-4-7-18(15)27(20)21/h3-4,6-9,12-13H,5,10-11H2,1-2H3. The third kappa shape index (κ3) is 3.70. The Morgan fingerprint density at radius 3 is 2.77 bits per heavy atom. The van der Waals surface area contributed by atoms with Crippen LogP contribution in [-0.2, 0) is 11.3 Å². The van der Waals surface area contributed by atoms with E-state index in [4.69, 9.17) is 4.74 Å². The van der Waals surface area contributed by atoms with E-state index < -0.39 is 16.9 Å². The number of fused-ring (bicyclic) bond motifs is 3. The minimum absolute atomic E-state index is 0.151. The van der Waals surface area contributed by atoms with Gasteiger partial charge in [-0.3, -0.25) is 13.8 Å². The summed E-state index contributed by atoms with van der Waals surface area (Å²) in [6, 6.07) is 10.6. The number of aromatic nitrogens is 4. The first kappa shape index (κ1) is 20.5. The number of para-hydroxylation sites is 1. The molecule has 0 bridgehead atoms. The zero-order valence-electron chi connectivity index (χ0n) is 16.5. The number of hydrogen-bond acceptors (Lipinski definition) is 5. The van der Waals surface area contributed by atoms with Gasteiger partial charge in [-0.05, 0) is 43.7 Å². The molecule has 6 nitrogen and oxygen atoms in total. The Kier molecular flexibility index (Phi) is 5.83. The molecule has 0 saturated heterocycles. The van der Waals surface area contributed by atoms with Crippen LogP contribution in [0, 0.1) is 11.6 Å². The molecule has 4 aromatic rings. The van der Waals surface area contributed by atoms with E-state index in [9.17, 15) is 13.6 Å². The van der Waals surface area contributed by atoms with Gasteiger partial charge in [-0.1, -0.05) is 23.9 Å². The monoisotopic (exact) mass is 430 g/mol. The predicted octanol–water partition coefficient (Wildman–Crippen LogP) is 4.21. The number of aryl methyl sites for hydroxylation is 1. The molecule has 0 aliphatic rings. The van der Waals surface area contributed by atoms with Crippen molar-refractivity contribution >= 4 is 28.4 Å². The lowest BCUT2D eigenvalue weighted by Crippen LogP contribution is -2.24. The summed E-state index contributed by atoms with van der Waals surface area (Å²) in [5.41, 5.74) is 0.761. The summed E-state index contributed by atoms with van der Waals surface area (Å²) in [6.07, 6.45) is 0.644. The van der Waals surface area contributed by atoms with Crippen LogP contribution >= 0.6 is 11.8 Å². The third-order valence-corrected chi connectivity index (χ3v) is 5.97. The molecule has 30 heavy (non-hydrogen) atoms. The van der Waals surface area contributed by atoms with Crippen molar-refractivity contribution in [2.45, 2.75) is 30.3 Å². The minimum atomic E-state index is -0.498. The second-order valence-corrected chi connectivity index (χ2v) is 8.17. The Morgan fingerprint density at radius 1 is 1.17 bits per heavy atom. The fourth-order valence-corrected chi connectivity index (χ4v) is 4.42. The zero-order chi connectivity index (χ0) is 21.3. The fourth-order valence-electron chi connectivity index (χ4n) is 3.43. The predicted molar refractivity (Wildman–Crippen MR) is 112 cm³/mol. The van der Waals surface area contributed by atoms with E-state index in [1.807, 2.05) is 12.1 Å². The van der Waals surface area contributed by atoms with Crippen molar-refractivity contribution in [3.63, 3.8) is 0 Å². The van der Waals surface area contributed by atoms with E-state index in [2.05, 4.69) is 10.2 Å². The molecule has 0 spiro atoms. The van der Waals surface area contributed by atoms with Gasteiger partial charge < -0.3 is 4.74 Å². The van der Waals surface area contributed by atoms with Crippen molar-refractivity contribution in [1.29, 1.82) is 0 Å². The van der Waals surface area contributed by atoms with Crippen molar-refractivity contribution in [3.8, 4) is 0 Å². The van der Waals surface area contributed by atoms with Gasteiger partial charge in [-0.25, -0.2) is 8.78 Å². The number of hydrogen-bond donors (Lipinski definition) is 0. The third-order valence-electron chi connectivity index (χ3n) is 4.89. The highest BCUT2D eigenvalue weighted by molar-refractivity contribution is 7.99. The van der Waals surface area contributed by atoms with Crippen LogP contribution in [0.15, 0.2) is 52.4 Å². The number of thioether (sulfide) groups is 1. The number of rotatable bonds is 7. The summed E-state index contributed by atoms with van der Waals surface area (Å²) in [4.78, 5) is 13.0. The van der Waals surface area contributed by atoms with Gasteiger partial charge in [0, 0.05) is 31.1 Å². The maximum atomic E-state index is 14.2. The molecule has 0 aliphatic carbocycles. The quantitative estimate of drug-likeness (QED) is 0.325. The van der Waals surface area contributed by atoms with Crippen LogP contribution in [0.25, 0.3) is 16.7 Å². The van der Waals surface area contributed by atoms with Gasteiger partial charge in [0.2, 0.25) is 5.78 Å². The molecule has 9 heteroatoms. The Bertz CT molecular complexity index is 1270. The van der Waals surface area contributed by atoms with E-state index in [-0.39, 0.29) is 11.1 Å². The van der Waals surface area contributed by atoms with E-state index >= 15 is 0 Å². The molecule has 1 unspecified atom stereocenters. The van der Waals surface area contributed by atoms with Crippen LogP contribution < -0.4 is 5.56 Å². The van der Waals surface area contributed by atoms with Gasteiger partial charge >= 0.3 is 0 Å². The molecule has 0 N–H and O–H groups in total. The van der Waals surface area contributed by atoms with Gasteiger partial charge in [-0.15, -0.1) is 10.2 Å². The molecule has 2 heterocycles. The molecule has 2 aromatic heterocycles. The first-order valence-corrected chi connectivity index (χ1v) is 10.4.